The molecular weight excluding hydrogens is 298 g/mol. The first-order valence-corrected chi connectivity index (χ1v) is 7.98. The van der Waals surface area contributed by atoms with Crippen LogP contribution in [0.3, 0.4) is 0 Å². The van der Waals surface area contributed by atoms with Gasteiger partial charge in [-0.05, 0) is 12.5 Å². The molecule has 108 valence electrons. The number of nitrogens with one attached hydrogen (secondary N) is 1. The van der Waals surface area contributed by atoms with Crippen LogP contribution >= 0.6 is 11.6 Å². The standard InChI is InChI=1S/C13H16ClN3O2S/c1-9-11(14)13(17-16-9,12(18)15-2)20(19)8-10-6-4-3-5-7-10/h3-7,9,11H,8H2,1-2H3,(H,15,18)/t9-,11-,13+,20?/m0/s1. The number of carbonyl (C=O) groups excluding carboxylic acids is 1. The van der Waals surface area contributed by atoms with Crippen LogP contribution in [-0.4, -0.2) is 33.5 Å². The molecule has 1 amide bonds. The molecule has 0 aromatic heterocycles. The van der Waals surface area contributed by atoms with E-state index in [9.17, 15) is 9.00 Å². The number of hydrogen-bond donors (Lipinski definition) is 1. The molecular formula is C13H16ClN3O2S. The Morgan fingerprint density at radius 3 is 2.60 bits per heavy atom. The Balaban J connectivity index is 2.31. The van der Waals surface area contributed by atoms with Gasteiger partial charge in [0.25, 0.3) is 10.8 Å². The summed E-state index contributed by atoms with van der Waals surface area (Å²) in [5.74, 6) is -0.247. The van der Waals surface area contributed by atoms with Gasteiger partial charge in [0.2, 0.25) is 0 Å². The Labute approximate surface area is 125 Å². The third-order valence-electron chi connectivity index (χ3n) is 3.23. The lowest BCUT2D eigenvalue weighted by Gasteiger charge is -2.26. The molecule has 1 aliphatic rings. The quantitative estimate of drug-likeness (QED) is 0.862. The highest BCUT2D eigenvalue weighted by atomic mass is 35.5. The Bertz CT molecular complexity index is 552. The van der Waals surface area contributed by atoms with Crippen LogP contribution in [0.4, 0.5) is 0 Å². The monoisotopic (exact) mass is 313 g/mol. The van der Waals surface area contributed by atoms with E-state index >= 15 is 0 Å². The summed E-state index contributed by atoms with van der Waals surface area (Å²) in [6.45, 7) is 1.76. The minimum atomic E-state index is -1.59. The minimum Gasteiger partial charge on any atom is -0.356 e. The molecule has 0 bridgehead atoms. The minimum absolute atomic E-state index is 0.212. The Hall–Kier alpha value is -1.27. The summed E-state index contributed by atoms with van der Waals surface area (Å²) in [6, 6.07) is 8.96. The average Bonchev–Trinajstić information content (AvgIpc) is 2.76. The van der Waals surface area contributed by atoms with Crippen molar-refractivity contribution >= 4 is 28.3 Å². The van der Waals surface area contributed by atoms with Crippen molar-refractivity contribution in [2.45, 2.75) is 29.0 Å². The second kappa shape index (κ2) is 6.01. The van der Waals surface area contributed by atoms with Gasteiger partial charge in [-0.2, -0.15) is 10.2 Å². The number of benzene rings is 1. The van der Waals surface area contributed by atoms with Crippen LogP contribution in [-0.2, 0) is 21.3 Å². The molecule has 0 fully saturated rings. The number of halogens is 1. The third-order valence-corrected chi connectivity index (χ3v) is 5.85. The van der Waals surface area contributed by atoms with Crippen LogP contribution in [0.5, 0.6) is 0 Å². The number of alkyl halides is 1. The van der Waals surface area contributed by atoms with Gasteiger partial charge < -0.3 is 5.32 Å². The van der Waals surface area contributed by atoms with Gasteiger partial charge in [-0.3, -0.25) is 9.00 Å². The SMILES string of the molecule is CNC(=O)[C@@]1(S(=O)Cc2ccccc2)N=N[C@@H](C)[C@@H]1Cl. The molecule has 2 rings (SSSR count). The summed E-state index contributed by atoms with van der Waals surface area (Å²) < 4.78 is 12.7. The molecule has 0 aliphatic carbocycles. The summed E-state index contributed by atoms with van der Waals surface area (Å²) in [6.07, 6.45) is 0. The molecule has 1 aromatic rings. The Morgan fingerprint density at radius 1 is 1.45 bits per heavy atom. The first-order valence-electron chi connectivity index (χ1n) is 6.23. The number of nitrogens with zero attached hydrogens (tertiary/aromatic N) is 2. The number of rotatable bonds is 4. The zero-order valence-corrected chi connectivity index (χ0v) is 12.8. The van der Waals surface area contributed by atoms with Crippen LogP contribution in [0.2, 0.25) is 0 Å². The number of likely N-dealkylation sites (N-methyl/N-ethyl adjacent to an activating group) is 1. The first-order chi connectivity index (χ1) is 9.52. The second-order valence-corrected chi connectivity index (χ2v) is 6.68. The largest absolute Gasteiger partial charge is 0.356 e. The van der Waals surface area contributed by atoms with Crippen molar-refractivity contribution in [1.29, 1.82) is 0 Å². The van der Waals surface area contributed by atoms with Gasteiger partial charge in [0.15, 0.2) is 0 Å². The molecule has 0 spiro atoms. The number of hydrogen-bond acceptors (Lipinski definition) is 4. The van der Waals surface area contributed by atoms with Gasteiger partial charge in [-0.25, -0.2) is 0 Å². The van der Waals surface area contributed by atoms with E-state index in [0.717, 1.165) is 5.56 Å². The maximum Gasteiger partial charge on any atom is 0.264 e. The average molecular weight is 314 g/mol. The highest BCUT2D eigenvalue weighted by Crippen LogP contribution is 2.36. The zero-order valence-electron chi connectivity index (χ0n) is 11.2. The fourth-order valence-electron chi connectivity index (χ4n) is 2.08. The molecule has 0 saturated heterocycles. The topological polar surface area (TPSA) is 70.9 Å². The lowest BCUT2D eigenvalue weighted by atomic mass is 10.1. The highest BCUT2D eigenvalue weighted by Gasteiger charge is 2.56. The van der Waals surface area contributed by atoms with Crippen molar-refractivity contribution in [2.24, 2.45) is 10.2 Å². The second-order valence-electron chi connectivity index (χ2n) is 4.61. The normalized spacial score (nSPS) is 30.1. The highest BCUT2D eigenvalue weighted by molar-refractivity contribution is 7.86. The lowest BCUT2D eigenvalue weighted by Crippen LogP contribution is -2.54. The van der Waals surface area contributed by atoms with Crippen LogP contribution in [0.25, 0.3) is 0 Å². The molecule has 0 radical (unpaired) electrons. The summed E-state index contributed by atoms with van der Waals surface area (Å²) in [7, 11) is -0.112. The van der Waals surface area contributed by atoms with Crippen molar-refractivity contribution in [1.82, 2.24) is 5.32 Å². The summed E-state index contributed by atoms with van der Waals surface area (Å²) in [5, 5.41) is 9.70. The first kappa shape index (κ1) is 15.1. The van der Waals surface area contributed by atoms with Gasteiger partial charge in [-0.15, -0.1) is 11.6 Å². The van der Waals surface area contributed by atoms with E-state index < -0.39 is 27.0 Å². The van der Waals surface area contributed by atoms with Crippen molar-refractivity contribution in [3.05, 3.63) is 35.9 Å². The molecule has 1 heterocycles. The Morgan fingerprint density at radius 2 is 2.10 bits per heavy atom. The van der Waals surface area contributed by atoms with Crippen molar-refractivity contribution in [3.8, 4) is 0 Å². The molecule has 1 aromatic carbocycles. The maximum absolute atomic E-state index is 12.7. The van der Waals surface area contributed by atoms with E-state index in [4.69, 9.17) is 11.6 Å². The lowest BCUT2D eigenvalue weighted by molar-refractivity contribution is -0.122. The van der Waals surface area contributed by atoms with Gasteiger partial charge in [0, 0.05) is 7.05 Å². The fourth-order valence-corrected chi connectivity index (χ4v) is 4.18. The van der Waals surface area contributed by atoms with E-state index in [1.54, 1.807) is 6.92 Å². The molecule has 4 atom stereocenters. The molecule has 7 heteroatoms. The molecule has 5 nitrogen and oxygen atoms in total. The number of carbonyl (C=O) groups is 1. The van der Waals surface area contributed by atoms with Crippen molar-refractivity contribution in [3.63, 3.8) is 0 Å². The summed E-state index contributed by atoms with van der Waals surface area (Å²) in [5.41, 5.74) is 0.868. The summed E-state index contributed by atoms with van der Waals surface area (Å²) in [4.78, 5) is 10.7. The van der Waals surface area contributed by atoms with Gasteiger partial charge in [-0.1, -0.05) is 30.3 Å². The predicted molar refractivity (Wildman–Crippen MR) is 79.0 cm³/mol. The fraction of sp³-hybridized carbons (Fsp3) is 0.462. The zero-order chi connectivity index (χ0) is 14.8. The third kappa shape index (κ3) is 2.50. The van der Waals surface area contributed by atoms with E-state index in [1.807, 2.05) is 30.3 Å². The molecule has 1 aliphatic heterocycles. The van der Waals surface area contributed by atoms with Gasteiger partial charge >= 0.3 is 0 Å². The summed E-state index contributed by atoms with van der Waals surface area (Å²) >= 11 is 6.28. The van der Waals surface area contributed by atoms with Gasteiger partial charge in [0.1, 0.15) is 5.38 Å². The molecule has 1 unspecified atom stereocenters. The number of azo groups is 1. The Kier molecular flexibility index (Phi) is 4.55. The molecule has 1 N–H and O–H groups in total. The van der Waals surface area contributed by atoms with E-state index in [1.165, 1.54) is 7.05 Å². The van der Waals surface area contributed by atoms with E-state index in [-0.39, 0.29) is 11.8 Å². The molecule has 20 heavy (non-hydrogen) atoms. The van der Waals surface area contributed by atoms with Crippen LogP contribution in [0.15, 0.2) is 40.6 Å². The van der Waals surface area contributed by atoms with E-state index in [0.29, 0.717) is 0 Å². The van der Waals surface area contributed by atoms with Crippen molar-refractivity contribution < 1.29 is 9.00 Å². The van der Waals surface area contributed by atoms with Gasteiger partial charge in [0.05, 0.1) is 22.6 Å². The van der Waals surface area contributed by atoms with Crippen LogP contribution in [0, 0.1) is 0 Å². The molecule has 0 saturated carbocycles. The maximum atomic E-state index is 12.7. The van der Waals surface area contributed by atoms with Crippen LogP contribution in [0.1, 0.15) is 12.5 Å². The smallest absolute Gasteiger partial charge is 0.264 e. The van der Waals surface area contributed by atoms with E-state index in [2.05, 4.69) is 15.5 Å². The number of amides is 1. The van der Waals surface area contributed by atoms with Crippen molar-refractivity contribution in [2.75, 3.05) is 7.05 Å². The van der Waals surface area contributed by atoms with Crippen LogP contribution < -0.4 is 5.32 Å². The predicted octanol–water partition coefficient (Wildman–Crippen LogP) is 1.84.